The van der Waals surface area contributed by atoms with Gasteiger partial charge < -0.3 is 4.90 Å². The van der Waals surface area contributed by atoms with Crippen molar-refractivity contribution in [3.05, 3.63) is 71.5 Å². The van der Waals surface area contributed by atoms with Crippen LogP contribution in [0.5, 0.6) is 0 Å². The van der Waals surface area contributed by atoms with Gasteiger partial charge in [0.05, 0.1) is 10.9 Å². The Balaban J connectivity index is 1.36. The van der Waals surface area contributed by atoms with Crippen LogP contribution in [-0.2, 0) is 14.8 Å². The fraction of sp³-hybridized carbons (Fsp3) is 0.407. The van der Waals surface area contributed by atoms with Crippen LogP contribution in [0.4, 0.5) is 15.2 Å². The lowest BCUT2D eigenvalue weighted by Crippen LogP contribution is -2.43. The first kappa shape index (κ1) is 27.2. The van der Waals surface area contributed by atoms with Gasteiger partial charge in [0.15, 0.2) is 5.13 Å². The molecule has 2 atom stereocenters. The normalized spacial score (nSPS) is 16.9. The molecule has 1 fully saturated rings. The van der Waals surface area contributed by atoms with Gasteiger partial charge >= 0.3 is 0 Å². The van der Waals surface area contributed by atoms with Gasteiger partial charge in [-0.2, -0.15) is 0 Å². The number of sulfonamides is 1. The number of rotatable bonds is 12. The van der Waals surface area contributed by atoms with E-state index < -0.39 is 10.0 Å². The van der Waals surface area contributed by atoms with Gasteiger partial charge in [0.25, 0.3) is 10.0 Å². The van der Waals surface area contributed by atoms with Crippen LogP contribution in [0.1, 0.15) is 51.0 Å². The van der Waals surface area contributed by atoms with E-state index in [1.165, 1.54) is 41.8 Å². The zero-order valence-electron chi connectivity index (χ0n) is 21.1. The smallest absolute Gasteiger partial charge is 0.263 e. The van der Waals surface area contributed by atoms with E-state index in [1.54, 1.807) is 22.4 Å². The van der Waals surface area contributed by atoms with Crippen LogP contribution in [-0.4, -0.2) is 49.9 Å². The second kappa shape index (κ2) is 12.1. The molecule has 0 saturated carbocycles. The molecule has 2 aromatic carbocycles. The molecule has 1 aromatic heterocycles. The van der Waals surface area contributed by atoms with Crippen LogP contribution in [0.25, 0.3) is 0 Å². The van der Waals surface area contributed by atoms with Gasteiger partial charge in [0.2, 0.25) is 5.91 Å². The minimum atomic E-state index is -3.74. The molecular formula is C27H33FN4O3S2. The summed E-state index contributed by atoms with van der Waals surface area (Å²) < 4.78 is 40.9. The van der Waals surface area contributed by atoms with Gasteiger partial charge in [-0.1, -0.05) is 26.0 Å². The van der Waals surface area contributed by atoms with E-state index in [2.05, 4.69) is 28.5 Å². The maximum atomic E-state index is 13.4. The van der Waals surface area contributed by atoms with Crippen LogP contribution in [0.3, 0.4) is 0 Å². The average molecular weight is 545 g/mol. The molecule has 0 spiro atoms. The van der Waals surface area contributed by atoms with E-state index >= 15 is 0 Å². The van der Waals surface area contributed by atoms with Crippen molar-refractivity contribution in [2.45, 2.75) is 56.4 Å². The van der Waals surface area contributed by atoms with E-state index in [0.29, 0.717) is 23.3 Å². The molecule has 3 aromatic rings. The largest absolute Gasteiger partial charge is 0.311 e. The summed E-state index contributed by atoms with van der Waals surface area (Å²) in [4.78, 5) is 21.5. The Morgan fingerprint density at radius 1 is 1.16 bits per heavy atom. The number of hydrogen-bond acceptors (Lipinski definition) is 6. The molecule has 1 N–H and O–H groups in total. The number of carbonyl (C=O) groups excluding carboxylic acids is 1. The Morgan fingerprint density at radius 2 is 1.89 bits per heavy atom. The fourth-order valence-electron chi connectivity index (χ4n) is 4.78. The standard InChI is InChI=1S/C27H33FN4O3S2/c1-3-16-31(17-4-5-20(2)21-6-8-22(28)9-7-21)25-14-18-32(26(25)33)23-10-12-24(13-11-23)37(34,35)30-27-29-15-19-36-27/h6-13,15,19-20,25H,3-5,14,16-18H2,1-2H3,(H,29,30)/t20-,25+/m1/s1. The van der Waals surface area contributed by atoms with Crippen molar-refractivity contribution in [3.8, 4) is 0 Å². The first-order valence-electron chi connectivity index (χ1n) is 12.6. The summed E-state index contributed by atoms with van der Waals surface area (Å²) >= 11 is 1.21. The van der Waals surface area contributed by atoms with Crippen molar-refractivity contribution in [2.75, 3.05) is 29.3 Å². The maximum absolute atomic E-state index is 13.4. The second-order valence-electron chi connectivity index (χ2n) is 9.36. The number of carbonyl (C=O) groups is 1. The van der Waals surface area contributed by atoms with E-state index in [1.807, 2.05) is 12.1 Å². The lowest BCUT2D eigenvalue weighted by Gasteiger charge is -2.28. The lowest BCUT2D eigenvalue weighted by molar-refractivity contribution is -0.121. The van der Waals surface area contributed by atoms with Crippen molar-refractivity contribution in [3.63, 3.8) is 0 Å². The van der Waals surface area contributed by atoms with Crippen molar-refractivity contribution >= 4 is 38.1 Å². The van der Waals surface area contributed by atoms with Gasteiger partial charge in [-0.15, -0.1) is 11.3 Å². The average Bonchev–Trinajstić information content (AvgIpc) is 3.53. The first-order chi connectivity index (χ1) is 17.8. The zero-order chi connectivity index (χ0) is 26.4. The highest BCUT2D eigenvalue weighted by atomic mass is 32.2. The minimum absolute atomic E-state index is 0.0524. The Hall–Kier alpha value is -2.82. The summed E-state index contributed by atoms with van der Waals surface area (Å²) in [6.07, 6.45) is 5.13. The summed E-state index contributed by atoms with van der Waals surface area (Å²) in [5.74, 6) is 0.147. The number of halogens is 1. The molecule has 1 aliphatic heterocycles. The molecule has 1 saturated heterocycles. The minimum Gasteiger partial charge on any atom is -0.311 e. The third-order valence-electron chi connectivity index (χ3n) is 6.76. The number of amides is 1. The molecule has 198 valence electrons. The Morgan fingerprint density at radius 3 is 2.54 bits per heavy atom. The summed E-state index contributed by atoms with van der Waals surface area (Å²) in [5.41, 5.74) is 1.82. The molecule has 0 aliphatic carbocycles. The monoisotopic (exact) mass is 544 g/mol. The van der Waals surface area contributed by atoms with Crippen molar-refractivity contribution in [1.82, 2.24) is 9.88 Å². The van der Waals surface area contributed by atoms with E-state index in [0.717, 1.165) is 44.3 Å². The predicted molar refractivity (Wildman–Crippen MR) is 146 cm³/mol. The highest BCUT2D eigenvalue weighted by molar-refractivity contribution is 7.93. The van der Waals surface area contributed by atoms with Crippen LogP contribution in [0.15, 0.2) is 65.0 Å². The number of thiazole rings is 1. The fourth-order valence-corrected chi connectivity index (χ4v) is 6.57. The molecule has 2 heterocycles. The highest BCUT2D eigenvalue weighted by Crippen LogP contribution is 2.28. The summed E-state index contributed by atoms with van der Waals surface area (Å²) in [5, 5.41) is 2.01. The number of aromatic nitrogens is 1. The molecule has 10 heteroatoms. The highest BCUT2D eigenvalue weighted by Gasteiger charge is 2.36. The van der Waals surface area contributed by atoms with Crippen molar-refractivity contribution in [1.29, 1.82) is 0 Å². The number of anilines is 2. The van der Waals surface area contributed by atoms with Crippen LogP contribution in [0, 0.1) is 5.82 Å². The van der Waals surface area contributed by atoms with E-state index in [9.17, 15) is 17.6 Å². The van der Waals surface area contributed by atoms with Gasteiger partial charge in [-0.05, 0) is 86.7 Å². The summed E-state index contributed by atoms with van der Waals surface area (Å²) in [6.45, 7) is 6.53. The predicted octanol–water partition coefficient (Wildman–Crippen LogP) is 5.48. The summed E-state index contributed by atoms with van der Waals surface area (Å²) in [7, 11) is -3.74. The van der Waals surface area contributed by atoms with Crippen LogP contribution >= 0.6 is 11.3 Å². The van der Waals surface area contributed by atoms with Gasteiger partial charge in [-0.25, -0.2) is 17.8 Å². The van der Waals surface area contributed by atoms with Crippen molar-refractivity contribution < 1.29 is 17.6 Å². The molecule has 0 radical (unpaired) electrons. The maximum Gasteiger partial charge on any atom is 0.263 e. The Labute approximate surface area is 222 Å². The molecule has 0 unspecified atom stereocenters. The van der Waals surface area contributed by atoms with E-state index in [4.69, 9.17) is 0 Å². The SMILES string of the molecule is CCCN(CCC[C@@H](C)c1ccc(F)cc1)[C@H]1CCN(c2ccc(S(=O)(=O)Nc3nccs3)cc2)C1=O. The number of hydrogen-bond donors (Lipinski definition) is 1. The third-order valence-corrected chi connectivity index (χ3v) is 8.94. The van der Waals surface area contributed by atoms with Crippen LogP contribution < -0.4 is 9.62 Å². The number of nitrogens with one attached hydrogen (secondary N) is 1. The Kier molecular flexibility index (Phi) is 8.94. The lowest BCUT2D eigenvalue weighted by atomic mass is 9.96. The second-order valence-corrected chi connectivity index (χ2v) is 11.9. The van der Waals surface area contributed by atoms with Gasteiger partial charge in [-0.3, -0.25) is 14.4 Å². The zero-order valence-corrected chi connectivity index (χ0v) is 22.8. The molecule has 1 aliphatic rings. The van der Waals surface area contributed by atoms with Gasteiger partial charge in [0.1, 0.15) is 5.82 Å². The first-order valence-corrected chi connectivity index (χ1v) is 15.0. The number of benzene rings is 2. The quantitative estimate of drug-likeness (QED) is 0.326. The molecule has 7 nitrogen and oxygen atoms in total. The molecule has 37 heavy (non-hydrogen) atoms. The van der Waals surface area contributed by atoms with Crippen molar-refractivity contribution in [2.24, 2.45) is 0 Å². The molecule has 0 bridgehead atoms. The molecule has 1 amide bonds. The van der Waals surface area contributed by atoms with Gasteiger partial charge in [0, 0.05) is 23.8 Å². The number of nitrogens with zero attached hydrogens (tertiary/aromatic N) is 3. The summed E-state index contributed by atoms with van der Waals surface area (Å²) in [6, 6.07) is 12.9. The molecular weight excluding hydrogens is 511 g/mol. The Bertz CT molecular complexity index is 1270. The third kappa shape index (κ3) is 6.74. The molecule has 4 rings (SSSR count). The topological polar surface area (TPSA) is 82.6 Å². The van der Waals surface area contributed by atoms with E-state index in [-0.39, 0.29) is 22.7 Å². The van der Waals surface area contributed by atoms with Crippen LogP contribution in [0.2, 0.25) is 0 Å².